The molecule has 0 radical (unpaired) electrons. The molecule has 1 aromatic carbocycles. The zero-order chi connectivity index (χ0) is 18.5. The van der Waals surface area contributed by atoms with Crippen LogP contribution in [0.3, 0.4) is 0 Å². The molecule has 0 saturated heterocycles. The lowest BCUT2D eigenvalue weighted by atomic mass is 9.86. The summed E-state index contributed by atoms with van der Waals surface area (Å²) in [4.78, 5) is 24.6. The lowest BCUT2D eigenvalue weighted by Crippen LogP contribution is -2.46. The number of H-pyrrole nitrogens is 1. The van der Waals surface area contributed by atoms with Crippen LogP contribution in [0.15, 0.2) is 36.4 Å². The standard InChI is InChI=1S/C20H25N3O3/c1-13-8-6-7-11-16(13)21-19(24)14(2)26-20(25)18-12-17(22-23-18)15-9-4-3-5-10-15/h3-5,9-10,12-14,16H,6-8,11H2,1-2H3,(H,21,24)(H,22,23)/t13-,14+,16-/m0/s1. The highest BCUT2D eigenvalue weighted by atomic mass is 16.5. The van der Waals surface area contributed by atoms with Crippen molar-refractivity contribution in [2.45, 2.75) is 51.7 Å². The number of esters is 1. The molecule has 1 amide bonds. The van der Waals surface area contributed by atoms with Crippen LogP contribution in [0.5, 0.6) is 0 Å². The molecule has 6 heteroatoms. The van der Waals surface area contributed by atoms with E-state index in [0.29, 0.717) is 11.6 Å². The minimum atomic E-state index is -0.847. The molecule has 1 aliphatic carbocycles. The van der Waals surface area contributed by atoms with E-state index in [1.807, 2.05) is 30.3 Å². The predicted molar refractivity (Wildman–Crippen MR) is 98.5 cm³/mol. The Morgan fingerprint density at radius 1 is 1.23 bits per heavy atom. The van der Waals surface area contributed by atoms with Gasteiger partial charge in [-0.15, -0.1) is 0 Å². The normalized spacial score (nSPS) is 21.0. The van der Waals surface area contributed by atoms with Crippen LogP contribution < -0.4 is 5.32 Å². The molecular formula is C20H25N3O3. The maximum absolute atomic E-state index is 12.3. The first-order chi connectivity index (χ1) is 12.5. The maximum Gasteiger partial charge on any atom is 0.357 e. The average molecular weight is 355 g/mol. The van der Waals surface area contributed by atoms with Crippen molar-refractivity contribution in [3.63, 3.8) is 0 Å². The fraction of sp³-hybridized carbons (Fsp3) is 0.450. The lowest BCUT2D eigenvalue weighted by Gasteiger charge is -2.30. The highest BCUT2D eigenvalue weighted by Gasteiger charge is 2.27. The molecule has 0 unspecified atom stereocenters. The fourth-order valence-electron chi connectivity index (χ4n) is 3.29. The molecule has 2 aromatic rings. The van der Waals surface area contributed by atoms with Gasteiger partial charge in [0.15, 0.2) is 6.10 Å². The maximum atomic E-state index is 12.3. The van der Waals surface area contributed by atoms with Crippen LogP contribution in [0.1, 0.15) is 50.0 Å². The number of aromatic amines is 1. The van der Waals surface area contributed by atoms with E-state index in [4.69, 9.17) is 4.74 Å². The van der Waals surface area contributed by atoms with Crippen molar-refractivity contribution in [2.75, 3.05) is 0 Å². The van der Waals surface area contributed by atoms with Crippen LogP contribution >= 0.6 is 0 Å². The average Bonchev–Trinajstić information content (AvgIpc) is 3.14. The molecular weight excluding hydrogens is 330 g/mol. The molecule has 0 aliphatic heterocycles. The third kappa shape index (κ3) is 4.31. The second-order valence-corrected chi connectivity index (χ2v) is 6.96. The first kappa shape index (κ1) is 18.2. The summed E-state index contributed by atoms with van der Waals surface area (Å²) in [7, 11) is 0. The summed E-state index contributed by atoms with van der Waals surface area (Å²) in [5.74, 6) is -0.379. The summed E-state index contributed by atoms with van der Waals surface area (Å²) in [5.41, 5.74) is 1.79. The van der Waals surface area contributed by atoms with E-state index in [1.165, 1.54) is 6.42 Å². The Kier molecular flexibility index (Phi) is 5.71. The summed E-state index contributed by atoms with van der Waals surface area (Å²) in [6.45, 7) is 3.74. The van der Waals surface area contributed by atoms with Crippen molar-refractivity contribution in [1.29, 1.82) is 0 Å². The smallest absolute Gasteiger partial charge is 0.357 e. The van der Waals surface area contributed by atoms with E-state index in [-0.39, 0.29) is 17.6 Å². The summed E-state index contributed by atoms with van der Waals surface area (Å²) in [6, 6.07) is 11.3. The lowest BCUT2D eigenvalue weighted by molar-refractivity contribution is -0.130. The van der Waals surface area contributed by atoms with Gasteiger partial charge in [-0.1, -0.05) is 50.1 Å². The van der Waals surface area contributed by atoms with Crippen LogP contribution in [0.2, 0.25) is 0 Å². The summed E-state index contributed by atoms with van der Waals surface area (Å²) in [5, 5.41) is 9.83. The van der Waals surface area contributed by atoms with Gasteiger partial charge in [-0.3, -0.25) is 9.89 Å². The summed E-state index contributed by atoms with van der Waals surface area (Å²) < 4.78 is 5.30. The van der Waals surface area contributed by atoms with E-state index in [9.17, 15) is 9.59 Å². The van der Waals surface area contributed by atoms with Crippen molar-refractivity contribution >= 4 is 11.9 Å². The van der Waals surface area contributed by atoms with Gasteiger partial charge in [0.1, 0.15) is 5.69 Å². The molecule has 3 rings (SSSR count). The van der Waals surface area contributed by atoms with Crippen LogP contribution in [0, 0.1) is 5.92 Å². The molecule has 0 spiro atoms. The number of hydrogen-bond donors (Lipinski definition) is 2. The zero-order valence-electron chi connectivity index (χ0n) is 15.2. The van der Waals surface area contributed by atoms with Gasteiger partial charge >= 0.3 is 5.97 Å². The fourth-order valence-corrected chi connectivity index (χ4v) is 3.29. The van der Waals surface area contributed by atoms with E-state index in [0.717, 1.165) is 24.8 Å². The third-order valence-electron chi connectivity index (χ3n) is 4.96. The topological polar surface area (TPSA) is 84.1 Å². The van der Waals surface area contributed by atoms with Gasteiger partial charge in [0.25, 0.3) is 5.91 Å². The number of nitrogens with one attached hydrogen (secondary N) is 2. The van der Waals surface area contributed by atoms with Gasteiger partial charge < -0.3 is 10.1 Å². The van der Waals surface area contributed by atoms with Crippen LogP contribution in [0.4, 0.5) is 0 Å². The number of nitrogens with zero attached hydrogens (tertiary/aromatic N) is 1. The van der Waals surface area contributed by atoms with Gasteiger partial charge in [0.05, 0.1) is 5.69 Å². The molecule has 1 fully saturated rings. The number of benzene rings is 1. The molecule has 3 atom stereocenters. The van der Waals surface area contributed by atoms with Gasteiger partial charge in [-0.25, -0.2) is 4.79 Å². The van der Waals surface area contributed by atoms with Crippen molar-refractivity contribution < 1.29 is 14.3 Å². The minimum Gasteiger partial charge on any atom is -0.448 e. The monoisotopic (exact) mass is 355 g/mol. The van der Waals surface area contributed by atoms with Crippen LogP contribution in [-0.4, -0.2) is 34.2 Å². The first-order valence-corrected chi connectivity index (χ1v) is 9.17. The van der Waals surface area contributed by atoms with Crippen LogP contribution in [0.25, 0.3) is 11.3 Å². The minimum absolute atomic E-state index is 0.161. The Labute approximate surface area is 153 Å². The molecule has 1 saturated carbocycles. The summed E-state index contributed by atoms with van der Waals surface area (Å²) >= 11 is 0. The number of rotatable bonds is 5. The van der Waals surface area contributed by atoms with Crippen molar-refractivity contribution in [2.24, 2.45) is 5.92 Å². The molecule has 1 heterocycles. The Morgan fingerprint density at radius 2 is 1.96 bits per heavy atom. The van der Waals surface area contributed by atoms with Crippen molar-refractivity contribution in [3.05, 3.63) is 42.1 Å². The Morgan fingerprint density at radius 3 is 2.69 bits per heavy atom. The predicted octanol–water partition coefficient (Wildman–Crippen LogP) is 3.32. The highest BCUT2D eigenvalue weighted by molar-refractivity contribution is 5.91. The number of hydrogen-bond acceptors (Lipinski definition) is 4. The Balaban J connectivity index is 1.57. The van der Waals surface area contributed by atoms with Crippen molar-refractivity contribution in [3.8, 4) is 11.3 Å². The third-order valence-corrected chi connectivity index (χ3v) is 4.96. The first-order valence-electron chi connectivity index (χ1n) is 9.17. The highest BCUT2D eigenvalue weighted by Crippen LogP contribution is 2.24. The molecule has 2 N–H and O–H groups in total. The number of carbonyl (C=O) groups is 2. The molecule has 1 aromatic heterocycles. The number of amides is 1. The largest absolute Gasteiger partial charge is 0.448 e. The zero-order valence-corrected chi connectivity index (χ0v) is 15.2. The number of ether oxygens (including phenoxy) is 1. The number of carbonyl (C=O) groups excluding carboxylic acids is 2. The van der Waals surface area contributed by atoms with Crippen LogP contribution in [-0.2, 0) is 9.53 Å². The second kappa shape index (κ2) is 8.17. The molecule has 1 aliphatic rings. The van der Waals surface area contributed by atoms with Gasteiger partial charge in [-0.2, -0.15) is 5.10 Å². The molecule has 6 nitrogen and oxygen atoms in total. The van der Waals surface area contributed by atoms with E-state index in [1.54, 1.807) is 13.0 Å². The van der Waals surface area contributed by atoms with E-state index >= 15 is 0 Å². The number of aromatic nitrogens is 2. The van der Waals surface area contributed by atoms with Gasteiger partial charge in [-0.05, 0) is 31.7 Å². The quantitative estimate of drug-likeness (QED) is 0.806. The Hall–Kier alpha value is -2.63. The second-order valence-electron chi connectivity index (χ2n) is 6.96. The van der Waals surface area contributed by atoms with Gasteiger partial charge in [0.2, 0.25) is 0 Å². The summed E-state index contributed by atoms with van der Waals surface area (Å²) in [6.07, 6.45) is 3.59. The molecule has 0 bridgehead atoms. The van der Waals surface area contributed by atoms with E-state index < -0.39 is 12.1 Å². The van der Waals surface area contributed by atoms with Crippen molar-refractivity contribution in [1.82, 2.24) is 15.5 Å². The molecule has 138 valence electrons. The SMILES string of the molecule is C[C@@H](OC(=O)c1cc(-c2ccccc2)n[nH]1)C(=O)N[C@H]1CCCC[C@@H]1C. The Bertz CT molecular complexity index is 757. The molecule has 26 heavy (non-hydrogen) atoms. The van der Waals surface area contributed by atoms with E-state index in [2.05, 4.69) is 22.4 Å². The van der Waals surface area contributed by atoms with Gasteiger partial charge in [0, 0.05) is 11.6 Å².